The molecular formula is C32H38IN5O9S2. The van der Waals surface area contributed by atoms with Crippen molar-refractivity contribution in [1.82, 2.24) is 9.62 Å². The van der Waals surface area contributed by atoms with Gasteiger partial charge in [0.05, 0.1) is 43.1 Å². The topological polar surface area (TPSA) is 186 Å². The number of nitrogens with zero attached hydrogens (tertiary/aromatic N) is 4. The van der Waals surface area contributed by atoms with E-state index in [1.54, 1.807) is 69.3 Å². The summed E-state index contributed by atoms with van der Waals surface area (Å²) in [6.45, 7) is 3.79. The van der Waals surface area contributed by atoms with E-state index in [2.05, 4.69) is 20.5 Å². The van der Waals surface area contributed by atoms with Crippen molar-refractivity contribution in [2.75, 3.05) is 33.2 Å². The third-order valence-corrected chi connectivity index (χ3v) is 11.8. The number of halogens is 1. The Kier molecular flexibility index (Phi) is 12.4. The molecule has 0 aromatic heterocycles. The molecule has 0 bridgehead atoms. The van der Waals surface area contributed by atoms with Gasteiger partial charge >= 0.3 is 6.09 Å². The highest BCUT2D eigenvalue weighted by Crippen LogP contribution is 2.35. The quantitative estimate of drug-likeness (QED) is 0.221. The molecule has 264 valence electrons. The molecule has 3 aromatic carbocycles. The van der Waals surface area contributed by atoms with E-state index in [1.165, 1.54) is 30.7 Å². The third kappa shape index (κ3) is 9.74. The Morgan fingerprint density at radius 3 is 1.94 bits per heavy atom. The molecule has 17 heteroatoms. The molecule has 0 spiro atoms. The first-order valence-corrected chi connectivity index (χ1v) is 19.1. The Morgan fingerprint density at radius 2 is 1.49 bits per heavy atom. The Morgan fingerprint density at radius 1 is 0.939 bits per heavy atom. The Bertz CT molecular complexity index is 1880. The molecule has 1 amide bonds. The van der Waals surface area contributed by atoms with Crippen LogP contribution in [0.5, 0.6) is 11.5 Å². The second kappa shape index (κ2) is 15.9. The summed E-state index contributed by atoms with van der Waals surface area (Å²) in [5, 5.41) is 20.3. The van der Waals surface area contributed by atoms with E-state index in [0.29, 0.717) is 26.2 Å². The number of sulfonamides is 1. The number of carbonyl (C=O) groups is 1. The number of azo groups is 1. The number of rotatable bonds is 14. The predicted octanol–water partition coefficient (Wildman–Crippen LogP) is 4.53. The maximum atomic E-state index is 15.0. The zero-order valence-corrected chi connectivity index (χ0v) is 31.4. The van der Waals surface area contributed by atoms with Gasteiger partial charge in [-0.1, -0.05) is 24.3 Å². The first kappa shape index (κ1) is 38.2. The van der Waals surface area contributed by atoms with E-state index in [0.717, 1.165) is 0 Å². The van der Waals surface area contributed by atoms with E-state index in [9.17, 15) is 18.3 Å². The fourth-order valence-electron chi connectivity index (χ4n) is 4.80. The van der Waals surface area contributed by atoms with Gasteiger partial charge in [0, 0.05) is 16.7 Å². The normalized spacial score (nSPS) is 14.0. The maximum absolute atomic E-state index is 15.0. The molecular weight excluding hydrogens is 789 g/mol. The van der Waals surface area contributed by atoms with Crippen molar-refractivity contribution in [2.45, 2.75) is 55.3 Å². The van der Waals surface area contributed by atoms with Crippen LogP contribution in [0, 0.1) is 3.57 Å². The molecule has 1 aliphatic heterocycles. The largest absolute Gasteiger partial charge is 0.497 e. The van der Waals surface area contributed by atoms with Crippen LogP contribution in [0.25, 0.3) is 0 Å². The molecule has 49 heavy (non-hydrogen) atoms. The van der Waals surface area contributed by atoms with Crippen LogP contribution in [0.4, 0.5) is 4.79 Å². The molecule has 0 unspecified atom stereocenters. The lowest BCUT2D eigenvalue weighted by Crippen LogP contribution is -2.44. The maximum Gasteiger partial charge on any atom is 0.407 e. The minimum Gasteiger partial charge on any atom is -0.497 e. The Balaban J connectivity index is 1.88. The molecule has 14 nitrogen and oxygen atoms in total. The van der Waals surface area contributed by atoms with Crippen LogP contribution in [0.1, 0.15) is 37.5 Å². The van der Waals surface area contributed by atoms with Gasteiger partial charge in [-0.05, 0) is 90.9 Å². The molecule has 0 saturated carbocycles. The lowest BCUT2D eigenvalue weighted by Gasteiger charge is -2.26. The van der Waals surface area contributed by atoms with E-state index >= 15 is 8.42 Å². The molecule has 1 heterocycles. The summed E-state index contributed by atoms with van der Waals surface area (Å²) >= 11 is 1.91. The number of nitrogens with one attached hydrogen (secondary N) is 1. The smallest absolute Gasteiger partial charge is 0.407 e. The number of aliphatic imine (C=N–C) groups is 1. The van der Waals surface area contributed by atoms with Crippen molar-refractivity contribution in [1.29, 1.82) is 0 Å². The van der Waals surface area contributed by atoms with Crippen molar-refractivity contribution in [3.05, 3.63) is 80.9 Å². The number of alkyl carbamates (subject to hydrolysis) is 1. The van der Waals surface area contributed by atoms with Gasteiger partial charge in [0.25, 0.3) is 0 Å². The number of amides is 1. The highest BCUT2D eigenvalue weighted by molar-refractivity contribution is 14.1. The molecule has 0 saturated heterocycles. The summed E-state index contributed by atoms with van der Waals surface area (Å²) < 4.78 is 75.7. The second-order valence-corrected chi connectivity index (χ2v) is 16.9. The van der Waals surface area contributed by atoms with Gasteiger partial charge in [0.2, 0.25) is 10.0 Å². The molecule has 3 aromatic rings. The SMILES string of the molecule is COc1ccc(CN(Cc2ccc(OC)cc2)S(=O)(=O)c2c(S(=O)(=O)C[C@@H](CO)NC(=O)OC(C)(C)C)ccc(I)c2C2=NCN=N2)cc1. The predicted molar refractivity (Wildman–Crippen MR) is 190 cm³/mol. The number of methoxy groups -OCH3 is 2. The summed E-state index contributed by atoms with van der Waals surface area (Å²) in [6.07, 6.45) is -0.941. The van der Waals surface area contributed by atoms with E-state index in [1.807, 2.05) is 22.6 Å². The molecule has 1 atom stereocenters. The molecule has 2 N–H and O–H groups in total. The highest BCUT2D eigenvalue weighted by atomic mass is 127. The number of aliphatic hydroxyl groups is 1. The van der Waals surface area contributed by atoms with E-state index in [-0.39, 0.29) is 31.2 Å². The van der Waals surface area contributed by atoms with Crippen molar-refractivity contribution in [3.8, 4) is 11.5 Å². The van der Waals surface area contributed by atoms with Gasteiger partial charge in [-0.25, -0.2) is 26.6 Å². The number of hydrogen-bond acceptors (Lipinski definition) is 12. The first-order chi connectivity index (χ1) is 23.1. The molecule has 0 radical (unpaired) electrons. The van der Waals surface area contributed by atoms with Gasteiger partial charge in [-0.15, -0.1) is 5.11 Å². The monoisotopic (exact) mass is 827 g/mol. The van der Waals surface area contributed by atoms with Crippen LogP contribution in [0.15, 0.2) is 85.7 Å². The van der Waals surface area contributed by atoms with Gasteiger partial charge < -0.3 is 24.6 Å². The number of carbonyl (C=O) groups excluding carboxylic acids is 1. The number of benzene rings is 3. The standard InChI is InChI=1S/C32H38IN5O9S2/c1-32(2,3)47-31(40)36-23(18-39)19-48(41,42)27-15-14-26(33)28(30-34-20-35-37-30)29(27)49(43,44)38(16-21-6-10-24(45-4)11-7-21)17-22-8-12-25(46-5)13-9-22/h6-15,23,39H,16-20H2,1-5H3,(H,36,40)/t23-/m1/s1. The van der Waals surface area contributed by atoms with Crippen LogP contribution in [-0.2, 0) is 37.7 Å². The van der Waals surface area contributed by atoms with Gasteiger partial charge in [0.15, 0.2) is 22.3 Å². The van der Waals surface area contributed by atoms with Gasteiger partial charge in [-0.2, -0.15) is 9.42 Å². The van der Waals surface area contributed by atoms with E-state index in [4.69, 9.17) is 14.2 Å². The number of sulfone groups is 1. The number of ether oxygens (including phenoxy) is 3. The van der Waals surface area contributed by atoms with Gasteiger partial charge in [0.1, 0.15) is 22.0 Å². The second-order valence-electron chi connectivity index (χ2n) is 11.9. The average molecular weight is 828 g/mol. The fraction of sp³-hybridized carbons (Fsp3) is 0.375. The molecule has 0 fully saturated rings. The first-order valence-electron chi connectivity index (χ1n) is 14.9. The molecule has 4 rings (SSSR count). The zero-order chi connectivity index (χ0) is 36.0. The summed E-state index contributed by atoms with van der Waals surface area (Å²) in [5.74, 6) is 0.268. The minimum absolute atomic E-state index is 0.0296. The lowest BCUT2D eigenvalue weighted by molar-refractivity contribution is 0.0490. The van der Waals surface area contributed by atoms with Crippen molar-refractivity contribution in [2.24, 2.45) is 15.2 Å². The highest BCUT2D eigenvalue weighted by Gasteiger charge is 2.38. The van der Waals surface area contributed by atoms with Crippen molar-refractivity contribution >= 4 is 54.4 Å². The molecule has 0 aliphatic carbocycles. The summed E-state index contributed by atoms with van der Waals surface area (Å²) in [7, 11) is -6.20. The summed E-state index contributed by atoms with van der Waals surface area (Å²) in [5.41, 5.74) is 0.296. The number of aliphatic hydroxyl groups excluding tert-OH is 1. The number of hydrogen-bond donors (Lipinski definition) is 2. The Labute approximate surface area is 299 Å². The van der Waals surface area contributed by atoms with Crippen LogP contribution in [0.3, 0.4) is 0 Å². The minimum atomic E-state index is -4.69. The van der Waals surface area contributed by atoms with E-state index < -0.39 is 59.7 Å². The van der Waals surface area contributed by atoms with Crippen molar-refractivity contribution in [3.63, 3.8) is 0 Å². The lowest BCUT2D eigenvalue weighted by atomic mass is 10.2. The Hall–Kier alpha value is -3.65. The third-order valence-electron chi connectivity index (χ3n) is 7.07. The van der Waals surface area contributed by atoms with Crippen LogP contribution >= 0.6 is 22.6 Å². The van der Waals surface area contributed by atoms with Crippen molar-refractivity contribution < 1.29 is 40.9 Å². The summed E-state index contributed by atoms with van der Waals surface area (Å²) in [6, 6.07) is 15.0. The number of amidine groups is 1. The fourth-order valence-corrected chi connectivity index (χ4v) is 9.61. The van der Waals surface area contributed by atoms with Gasteiger partial charge in [-0.3, -0.25) is 0 Å². The zero-order valence-electron chi connectivity index (χ0n) is 27.6. The average Bonchev–Trinajstić information content (AvgIpc) is 3.58. The molecule has 1 aliphatic rings. The van der Waals surface area contributed by atoms with Crippen LogP contribution in [0.2, 0.25) is 0 Å². The van der Waals surface area contributed by atoms with Crippen LogP contribution < -0.4 is 14.8 Å². The summed E-state index contributed by atoms with van der Waals surface area (Å²) in [4.78, 5) is 15.6. The van der Waals surface area contributed by atoms with Crippen LogP contribution in [-0.4, -0.2) is 83.1 Å².